The van der Waals surface area contributed by atoms with Crippen LogP contribution in [0.5, 0.6) is 5.88 Å². The van der Waals surface area contributed by atoms with Crippen molar-refractivity contribution in [3.05, 3.63) is 71.9 Å². The Balaban J connectivity index is 1.30. The van der Waals surface area contributed by atoms with Crippen molar-refractivity contribution in [2.24, 2.45) is 5.92 Å². The molecule has 0 saturated carbocycles. The zero-order chi connectivity index (χ0) is 35.5. The van der Waals surface area contributed by atoms with Crippen LogP contribution < -0.4 is 20.5 Å². The third-order valence-corrected chi connectivity index (χ3v) is 9.40. The van der Waals surface area contributed by atoms with Gasteiger partial charge in [0.05, 0.1) is 18.2 Å². The Bertz CT molecular complexity index is 2000. The molecule has 3 heterocycles. The highest BCUT2D eigenvalue weighted by molar-refractivity contribution is 7.92. The van der Waals surface area contributed by atoms with Crippen molar-refractivity contribution in [3.63, 3.8) is 0 Å². The number of anilines is 2. The van der Waals surface area contributed by atoms with Crippen LogP contribution in [0.4, 0.5) is 25.1 Å². The molecule has 1 saturated heterocycles. The molecular weight excluding hydrogens is 658 g/mol. The normalized spacial score (nSPS) is 14.0. The lowest BCUT2D eigenvalue weighted by Gasteiger charge is -2.32. The van der Waals surface area contributed by atoms with Gasteiger partial charge in [-0.2, -0.15) is 0 Å². The maximum atomic E-state index is 14.3. The molecule has 0 aliphatic carbocycles. The molecule has 2 aromatic heterocycles. The van der Waals surface area contributed by atoms with Crippen LogP contribution in [0.25, 0.3) is 22.0 Å². The van der Waals surface area contributed by atoms with Gasteiger partial charge in [-0.15, -0.1) is 0 Å². The number of nitrogen functional groups attached to an aromatic ring is 1. The molecule has 0 atom stereocenters. The number of methoxy groups -OCH3 is 1. The highest BCUT2D eigenvalue weighted by Crippen LogP contribution is 2.33. The number of carbonyl (C=O) groups excluding carboxylic acids is 2. The Labute approximate surface area is 283 Å². The van der Waals surface area contributed by atoms with Gasteiger partial charge >= 0.3 is 6.09 Å². The molecule has 15 heteroatoms. The fraction of sp³-hybridized carbons (Fsp3) is 0.353. The maximum Gasteiger partial charge on any atom is 0.407 e. The van der Waals surface area contributed by atoms with Gasteiger partial charge in [-0.05, 0) is 87.9 Å². The largest absolute Gasteiger partial charge is 0.480 e. The number of ether oxygens (including phenoxy) is 2. The zero-order valence-corrected chi connectivity index (χ0v) is 28.4. The van der Waals surface area contributed by atoms with E-state index in [4.69, 9.17) is 15.2 Å². The third-order valence-electron chi connectivity index (χ3n) is 8.00. The summed E-state index contributed by atoms with van der Waals surface area (Å²) < 4.78 is 66.5. The first-order valence-electron chi connectivity index (χ1n) is 15.6. The highest BCUT2D eigenvalue weighted by atomic mass is 32.2. The van der Waals surface area contributed by atoms with Gasteiger partial charge in [-0.25, -0.2) is 32.0 Å². The lowest BCUT2D eigenvalue weighted by molar-refractivity contribution is 0.0522. The molecule has 2 amide bonds. The molecule has 1 aliphatic rings. The number of carbonyl (C=O) groups is 2. The topological polar surface area (TPSA) is 166 Å². The zero-order valence-electron chi connectivity index (χ0n) is 27.5. The van der Waals surface area contributed by atoms with Gasteiger partial charge in [0.15, 0.2) is 0 Å². The first-order chi connectivity index (χ1) is 23.1. The number of nitrogens with one attached hydrogen (secondary N) is 2. The van der Waals surface area contributed by atoms with E-state index in [2.05, 4.69) is 20.0 Å². The molecule has 0 radical (unpaired) electrons. The first kappa shape index (κ1) is 35.3. The smallest absolute Gasteiger partial charge is 0.407 e. The SMILES string of the molecule is COc1ncc(-c2ccc3nc(N)c(C(=O)N4CCC(CCNC(=O)OC(C)(C)C)CC4)cc3c2)cc1NS(=O)(=O)c1ccc(F)cc1F. The van der Waals surface area contributed by atoms with Crippen molar-refractivity contribution in [2.75, 3.05) is 37.2 Å². The number of aromatic nitrogens is 2. The average molecular weight is 697 g/mol. The number of nitrogens with two attached hydrogens (primary N) is 1. The maximum absolute atomic E-state index is 14.3. The summed E-state index contributed by atoms with van der Waals surface area (Å²) >= 11 is 0. The number of amides is 2. The van der Waals surface area contributed by atoms with Crippen LogP contribution in [-0.2, 0) is 14.8 Å². The predicted molar refractivity (Wildman–Crippen MR) is 181 cm³/mol. The van der Waals surface area contributed by atoms with E-state index in [0.717, 1.165) is 31.4 Å². The molecule has 0 spiro atoms. The van der Waals surface area contributed by atoms with E-state index in [9.17, 15) is 26.8 Å². The summed E-state index contributed by atoms with van der Waals surface area (Å²) in [6, 6.07) is 10.5. The molecule has 1 aliphatic heterocycles. The minimum Gasteiger partial charge on any atom is -0.480 e. The van der Waals surface area contributed by atoms with E-state index in [0.29, 0.717) is 53.6 Å². The van der Waals surface area contributed by atoms with Crippen LogP contribution in [0.3, 0.4) is 0 Å². The van der Waals surface area contributed by atoms with Gasteiger partial charge in [0, 0.05) is 42.8 Å². The molecular formula is C34H38F2N6O6S. The summed E-state index contributed by atoms with van der Waals surface area (Å²) in [6.07, 6.45) is 3.35. The lowest BCUT2D eigenvalue weighted by Crippen LogP contribution is -2.40. The van der Waals surface area contributed by atoms with E-state index in [1.165, 1.54) is 19.4 Å². The van der Waals surface area contributed by atoms with E-state index >= 15 is 0 Å². The van der Waals surface area contributed by atoms with E-state index in [1.54, 1.807) is 29.2 Å². The summed E-state index contributed by atoms with van der Waals surface area (Å²) in [5.74, 6) is -2.03. The van der Waals surface area contributed by atoms with Gasteiger partial charge in [-0.1, -0.05) is 6.07 Å². The lowest BCUT2D eigenvalue weighted by atomic mass is 9.93. The van der Waals surface area contributed by atoms with Crippen LogP contribution in [0.15, 0.2) is 59.6 Å². The molecule has 0 unspecified atom stereocenters. The van der Waals surface area contributed by atoms with Crippen LogP contribution in [0.2, 0.25) is 0 Å². The Morgan fingerprint density at radius 3 is 2.45 bits per heavy atom. The number of nitrogens with zero attached hydrogens (tertiary/aromatic N) is 3. The second-order valence-electron chi connectivity index (χ2n) is 12.7. The number of benzene rings is 2. The van der Waals surface area contributed by atoms with E-state index < -0.39 is 38.2 Å². The monoisotopic (exact) mass is 696 g/mol. The van der Waals surface area contributed by atoms with Gasteiger partial charge in [0.25, 0.3) is 15.9 Å². The number of halogens is 2. The van der Waals surface area contributed by atoms with Crippen LogP contribution >= 0.6 is 0 Å². The van der Waals surface area contributed by atoms with Crippen molar-refractivity contribution in [3.8, 4) is 17.0 Å². The number of hydrogen-bond acceptors (Lipinski definition) is 9. The fourth-order valence-electron chi connectivity index (χ4n) is 5.57. The van der Waals surface area contributed by atoms with Crippen LogP contribution in [0.1, 0.15) is 50.4 Å². The van der Waals surface area contributed by atoms with Crippen molar-refractivity contribution < 1.29 is 36.3 Å². The number of fused-ring (bicyclic) bond motifs is 1. The minimum absolute atomic E-state index is 0.0685. The number of piperidine rings is 1. The Hall–Kier alpha value is -5.05. The van der Waals surface area contributed by atoms with E-state index in [1.807, 2.05) is 20.8 Å². The number of alkyl carbamates (subject to hydrolysis) is 1. The molecule has 0 bridgehead atoms. The van der Waals surface area contributed by atoms with Crippen molar-refractivity contribution in [2.45, 2.75) is 50.5 Å². The summed E-state index contributed by atoms with van der Waals surface area (Å²) in [4.78, 5) is 35.2. The molecule has 2 aromatic carbocycles. The molecule has 12 nitrogen and oxygen atoms in total. The molecule has 1 fully saturated rings. The van der Waals surface area contributed by atoms with Gasteiger partial charge in [0.1, 0.15) is 33.6 Å². The van der Waals surface area contributed by atoms with Crippen LogP contribution in [-0.4, -0.2) is 67.6 Å². The summed E-state index contributed by atoms with van der Waals surface area (Å²) in [5, 5.41) is 3.40. The van der Waals surface area contributed by atoms with Crippen molar-refractivity contribution >= 4 is 44.4 Å². The first-order valence-corrected chi connectivity index (χ1v) is 17.1. The Kier molecular flexibility index (Phi) is 10.2. The number of likely N-dealkylation sites (tertiary alicyclic amines) is 1. The fourth-order valence-corrected chi connectivity index (χ4v) is 6.68. The summed E-state index contributed by atoms with van der Waals surface area (Å²) in [7, 11) is -3.17. The average Bonchev–Trinajstić information content (AvgIpc) is 3.03. The Morgan fingerprint density at radius 2 is 1.78 bits per heavy atom. The number of hydrogen-bond donors (Lipinski definition) is 3. The van der Waals surface area contributed by atoms with Crippen molar-refractivity contribution in [1.82, 2.24) is 20.2 Å². The summed E-state index contributed by atoms with van der Waals surface area (Å²) in [5.41, 5.74) is 7.50. The number of rotatable bonds is 9. The summed E-state index contributed by atoms with van der Waals surface area (Å²) in [6.45, 7) is 6.98. The van der Waals surface area contributed by atoms with E-state index in [-0.39, 0.29) is 28.9 Å². The standard InChI is InChI=1S/C34H38F2N6O6S/c1-34(2,3)48-33(44)38-12-9-20-10-13-42(14-11-20)32(43)25-16-22-15-21(5-7-27(22)40-30(25)37)23-17-28(31(47-4)39-19-23)41-49(45,46)29-8-6-24(35)18-26(29)36/h5-8,15-20,41H,9-14H2,1-4H3,(H2,37,40)(H,38,44). The molecule has 4 N–H and O–H groups in total. The number of sulfonamides is 1. The molecule has 5 rings (SSSR count). The predicted octanol–water partition coefficient (Wildman–Crippen LogP) is 5.73. The quantitative estimate of drug-likeness (QED) is 0.198. The molecule has 4 aromatic rings. The van der Waals surface area contributed by atoms with Gasteiger partial charge < -0.3 is 25.4 Å². The van der Waals surface area contributed by atoms with Gasteiger partial charge in [0.2, 0.25) is 5.88 Å². The second-order valence-corrected chi connectivity index (χ2v) is 14.4. The Morgan fingerprint density at radius 1 is 1.04 bits per heavy atom. The van der Waals surface area contributed by atoms with Crippen LogP contribution in [0, 0.1) is 17.6 Å². The van der Waals surface area contributed by atoms with Crippen molar-refractivity contribution in [1.29, 1.82) is 0 Å². The second kappa shape index (κ2) is 14.2. The minimum atomic E-state index is -4.48. The third kappa shape index (κ3) is 8.52. The highest BCUT2D eigenvalue weighted by Gasteiger charge is 2.26. The van der Waals surface area contributed by atoms with Gasteiger partial charge in [-0.3, -0.25) is 9.52 Å². The number of pyridine rings is 2. The molecule has 49 heavy (non-hydrogen) atoms. The molecule has 260 valence electrons.